The van der Waals surface area contributed by atoms with E-state index in [0.29, 0.717) is 5.56 Å². The summed E-state index contributed by atoms with van der Waals surface area (Å²) in [6.45, 7) is 7.80. The Morgan fingerprint density at radius 2 is 1.50 bits per heavy atom. The van der Waals surface area contributed by atoms with Crippen molar-refractivity contribution >= 4 is 36.7 Å². The van der Waals surface area contributed by atoms with Gasteiger partial charge in [-0.05, 0) is 58.2 Å². The van der Waals surface area contributed by atoms with Crippen LogP contribution in [-0.2, 0) is 30.2 Å². The Balaban J connectivity index is 0.0000109. The summed E-state index contributed by atoms with van der Waals surface area (Å²) >= 11 is 0. The van der Waals surface area contributed by atoms with Crippen LogP contribution in [0.15, 0.2) is 18.2 Å². The standard InChI is InChI=1S/C22H31NO10.ClH/c1-13(2)30-20(27)32-17-8-7-16(11-18(17)33-21(28)31-14(3)4)12-22(23,19(25)26)9-6-10-29-15(5)24;/h7-8,11,13-14H,6,9-10,12,23H2,1-5H3,(H,25,26);1H/t22-;/m0./s1. The summed E-state index contributed by atoms with van der Waals surface area (Å²) < 4.78 is 25.0. The SMILES string of the molecule is CC(=O)OCCC[C@](N)(Cc1ccc(OC(=O)OC(C)C)c(OC(=O)OC(C)C)c1)C(=O)O.Cl. The van der Waals surface area contributed by atoms with Gasteiger partial charge < -0.3 is 34.5 Å². The highest BCUT2D eigenvalue weighted by Gasteiger charge is 2.34. The summed E-state index contributed by atoms with van der Waals surface area (Å²) in [4.78, 5) is 46.6. The second-order valence-corrected chi connectivity index (χ2v) is 7.90. The van der Waals surface area contributed by atoms with Crippen molar-refractivity contribution in [3.05, 3.63) is 23.8 Å². The van der Waals surface area contributed by atoms with Crippen molar-refractivity contribution in [2.24, 2.45) is 5.73 Å². The van der Waals surface area contributed by atoms with Crippen molar-refractivity contribution in [3.63, 3.8) is 0 Å². The Labute approximate surface area is 204 Å². The highest BCUT2D eigenvalue weighted by Crippen LogP contribution is 2.31. The number of halogens is 1. The Hall–Kier alpha value is -3.05. The monoisotopic (exact) mass is 505 g/mol. The zero-order valence-electron chi connectivity index (χ0n) is 19.8. The minimum absolute atomic E-state index is 0. The number of esters is 1. The lowest BCUT2D eigenvalue weighted by molar-refractivity contribution is -0.144. The number of hydrogen-bond acceptors (Lipinski definition) is 10. The van der Waals surface area contributed by atoms with E-state index in [1.807, 2.05) is 0 Å². The smallest absolute Gasteiger partial charge is 0.480 e. The summed E-state index contributed by atoms with van der Waals surface area (Å²) in [5, 5.41) is 9.65. The van der Waals surface area contributed by atoms with Crippen LogP contribution in [0.25, 0.3) is 0 Å². The molecule has 34 heavy (non-hydrogen) atoms. The molecule has 0 saturated carbocycles. The molecule has 0 aliphatic carbocycles. The van der Waals surface area contributed by atoms with Gasteiger partial charge in [-0.3, -0.25) is 9.59 Å². The summed E-state index contributed by atoms with van der Waals surface area (Å²) in [6.07, 6.45) is -2.85. The van der Waals surface area contributed by atoms with Crippen LogP contribution in [0.3, 0.4) is 0 Å². The van der Waals surface area contributed by atoms with E-state index < -0.39 is 42.0 Å². The maximum atomic E-state index is 12.0. The van der Waals surface area contributed by atoms with Crippen LogP contribution in [-0.4, -0.2) is 53.7 Å². The van der Waals surface area contributed by atoms with Crippen LogP contribution in [0.4, 0.5) is 9.59 Å². The van der Waals surface area contributed by atoms with Gasteiger partial charge in [-0.1, -0.05) is 6.07 Å². The minimum Gasteiger partial charge on any atom is -0.480 e. The number of aliphatic carboxylic acids is 1. The molecule has 3 N–H and O–H groups in total. The molecule has 0 unspecified atom stereocenters. The van der Waals surface area contributed by atoms with E-state index >= 15 is 0 Å². The van der Waals surface area contributed by atoms with Crippen LogP contribution in [0, 0.1) is 0 Å². The van der Waals surface area contributed by atoms with Crippen LogP contribution in [0.2, 0.25) is 0 Å². The van der Waals surface area contributed by atoms with Crippen molar-refractivity contribution in [3.8, 4) is 11.5 Å². The molecule has 192 valence electrons. The molecule has 0 aliphatic rings. The van der Waals surface area contributed by atoms with Crippen molar-refractivity contribution in [2.75, 3.05) is 6.61 Å². The van der Waals surface area contributed by atoms with Gasteiger partial charge in [0.15, 0.2) is 11.5 Å². The number of benzene rings is 1. The van der Waals surface area contributed by atoms with Gasteiger partial charge >= 0.3 is 24.2 Å². The van der Waals surface area contributed by atoms with Crippen molar-refractivity contribution in [1.82, 2.24) is 0 Å². The lowest BCUT2D eigenvalue weighted by Crippen LogP contribution is -2.50. The first-order chi connectivity index (χ1) is 15.3. The summed E-state index contributed by atoms with van der Waals surface area (Å²) in [5.74, 6) is -2.04. The predicted molar refractivity (Wildman–Crippen MR) is 122 cm³/mol. The predicted octanol–water partition coefficient (Wildman–Crippen LogP) is 3.62. The van der Waals surface area contributed by atoms with E-state index in [2.05, 4.69) is 0 Å². The highest BCUT2D eigenvalue weighted by atomic mass is 35.5. The topological polar surface area (TPSA) is 161 Å². The average molecular weight is 506 g/mol. The van der Waals surface area contributed by atoms with Gasteiger partial charge in [-0.15, -0.1) is 12.4 Å². The number of rotatable bonds is 11. The molecule has 1 aromatic rings. The molecule has 1 atom stereocenters. The van der Waals surface area contributed by atoms with Crippen molar-refractivity contribution < 1.29 is 48.0 Å². The average Bonchev–Trinajstić information content (AvgIpc) is 2.65. The molecule has 0 saturated heterocycles. The van der Waals surface area contributed by atoms with Gasteiger partial charge in [0.1, 0.15) is 5.54 Å². The molecule has 0 aliphatic heterocycles. The quantitative estimate of drug-likeness (QED) is 0.195. The molecule has 1 aromatic carbocycles. The van der Waals surface area contributed by atoms with Crippen LogP contribution >= 0.6 is 12.4 Å². The molecule has 0 heterocycles. The zero-order valence-corrected chi connectivity index (χ0v) is 20.6. The number of carbonyl (C=O) groups excluding carboxylic acids is 3. The molecule has 11 nitrogen and oxygen atoms in total. The normalized spacial score (nSPS) is 12.2. The molecule has 0 radical (unpaired) electrons. The van der Waals surface area contributed by atoms with E-state index in [-0.39, 0.29) is 49.8 Å². The van der Waals surface area contributed by atoms with E-state index in [1.54, 1.807) is 27.7 Å². The second-order valence-electron chi connectivity index (χ2n) is 7.90. The minimum atomic E-state index is -1.69. The van der Waals surface area contributed by atoms with Crippen LogP contribution in [0.5, 0.6) is 11.5 Å². The van der Waals surface area contributed by atoms with Gasteiger partial charge in [0.2, 0.25) is 0 Å². The fourth-order valence-electron chi connectivity index (χ4n) is 2.68. The molecule has 0 bridgehead atoms. The Bertz CT molecular complexity index is 858. The summed E-state index contributed by atoms with van der Waals surface area (Å²) in [7, 11) is 0. The molecule has 0 spiro atoms. The molecule has 1 rings (SSSR count). The number of nitrogens with two attached hydrogens (primary N) is 1. The maximum absolute atomic E-state index is 12.0. The first-order valence-electron chi connectivity index (χ1n) is 10.4. The molecular weight excluding hydrogens is 474 g/mol. The third-order valence-corrected chi connectivity index (χ3v) is 4.08. The number of carbonyl (C=O) groups is 4. The molecule has 0 aromatic heterocycles. The molecule has 0 amide bonds. The van der Waals surface area contributed by atoms with Crippen molar-refractivity contribution in [1.29, 1.82) is 0 Å². The molecular formula is C22H32ClNO10. The fraction of sp³-hybridized carbons (Fsp3) is 0.545. The molecule has 12 heteroatoms. The zero-order chi connectivity index (χ0) is 25.2. The molecule has 0 fully saturated rings. The van der Waals surface area contributed by atoms with E-state index in [1.165, 1.54) is 25.1 Å². The van der Waals surface area contributed by atoms with Gasteiger partial charge in [0, 0.05) is 13.3 Å². The van der Waals surface area contributed by atoms with E-state index in [0.717, 1.165) is 0 Å². The largest absolute Gasteiger partial charge is 0.514 e. The first kappa shape index (κ1) is 30.9. The van der Waals surface area contributed by atoms with Gasteiger partial charge in [0.25, 0.3) is 0 Å². The lowest BCUT2D eigenvalue weighted by atomic mass is 9.87. The fourth-order valence-corrected chi connectivity index (χ4v) is 2.68. The van der Waals surface area contributed by atoms with Gasteiger partial charge in [0.05, 0.1) is 18.8 Å². The third-order valence-electron chi connectivity index (χ3n) is 4.08. The highest BCUT2D eigenvalue weighted by molar-refractivity contribution is 5.85. The summed E-state index contributed by atoms with van der Waals surface area (Å²) in [5.41, 5.74) is 4.81. The summed E-state index contributed by atoms with van der Waals surface area (Å²) in [6, 6.07) is 4.14. The van der Waals surface area contributed by atoms with Gasteiger partial charge in [-0.25, -0.2) is 9.59 Å². The maximum Gasteiger partial charge on any atom is 0.514 e. The van der Waals surface area contributed by atoms with E-state index in [9.17, 15) is 24.3 Å². The van der Waals surface area contributed by atoms with Crippen molar-refractivity contribution in [2.45, 2.75) is 71.6 Å². The third kappa shape index (κ3) is 11.2. The van der Waals surface area contributed by atoms with Gasteiger partial charge in [-0.2, -0.15) is 0 Å². The lowest BCUT2D eigenvalue weighted by Gasteiger charge is -2.25. The van der Waals surface area contributed by atoms with E-state index in [4.69, 9.17) is 29.4 Å². The van der Waals surface area contributed by atoms with Crippen LogP contribution in [0.1, 0.15) is 53.0 Å². The number of hydrogen-bond donors (Lipinski definition) is 2. The van der Waals surface area contributed by atoms with Crippen LogP contribution < -0.4 is 15.2 Å². The Morgan fingerprint density at radius 3 is 1.97 bits per heavy atom. The first-order valence-corrected chi connectivity index (χ1v) is 10.4. The number of carboxylic acid groups (broad SMARTS) is 1. The number of ether oxygens (including phenoxy) is 5. The Kier molecular flexibility index (Phi) is 13.0. The second kappa shape index (κ2) is 14.3. The Morgan fingerprint density at radius 1 is 0.971 bits per heavy atom. The number of carboxylic acids is 1.